The lowest BCUT2D eigenvalue weighted by atomic mass is 9.86. The second kappa shape index (κ2) is 11.3. The Bertz CT molecular complexity index is 1280. The van der Waals surface area contributed by atoms with Gasteiger partial charge in [-0.15, -0.1) is 0 Å². The highest BCUT2D eigenvalue weighted by molar-refractivity contribution is 5.95. The van der Waals surface area contributed by atoms with Crippen molar-refractivity contribution in [1.29, 1.82) is 0 Å². The molecule has 252 valence electrons. The van der Waals surface area contributed by atoms with E-state index < -0.39 is 77.5 Å². The minimum atomic E-state index is -9.01. The number of carbonyl (C=O) groups excluding carboxylic acids is 2. The third-order valence-electron chi connectivity index (χ3n) is 5.62. The summed E-state index contributed by atoms with van der Waals surface area (Å²) in [5.74, 6) is -68.9. The van der Waals surface area contributed by atoms with Gasteiger partial charge in [0, 0.05) is 18.0 Å². The molecule has 1 unspecified atom stereocenters. The van der Waals surface area contributed by atoms with Gasteiger partial charge in [0.2, 0.25) is 6.08 Å². The summed E-state index contributed by atoms with van der Waals surface area (Å²) in [5.41, 5.74) is -0.751. The van der Waals surface area contributed by atoms with Crippen LogP contribution in [0.1, 0.15) is 29.3 Å². The Morgan fingerprint density at radius 3 is 1.45 bits per heavy atom. The van der Waals surface area contributed by atoms with Gasteiger partial charge in [-0.2, -0.15) is 88.4 Å². The number of alkyl halides is 19. The number of halogens is 19. The van der Waals surface area contributed by atoms with Crippen LogP contribution < -0.4 is 5.32 Å². The zero-order valence-corrected chi connectivity index (χ0v) is 21.0. The molecule has 1 N–H and O–H groups in total. The van der Waals surface area contributed by atoms with Crippen LogP contribution in [0.4, 0.5) is 89.1 Å². The maximum atomic E-state index is 14.2. The first-order valence-corrected chi connectivity index (χ1v) is 10.8. The average molecular weight is 686 g/mol. The molecular weight excluding hydrogens is 673 g/mol. The fraction of sp³-hybridized carbons (Fsp3) is 0.619. The summed E-state index contributed by atoms with van der Waals surface area (Å²) in [6.45, 7) is 1.56. The Kier molecular flexibility index (Phi) is 9.93. The van der Waals surface area contributed by atoms with Crippen LogP contribution in [0.25, 0.3) is 0 Å². The van der Waals surface area contributed by atoms with E-state index in [1.54, 1.807) is 0 Å². The zero-order valence-electron chi connectivity index (χ0n) is 21.0. The molecule has 4 nitrogen and oxygen atoms in total. The zero-order chi connectivity index (χ0) is 35.3. The third-order valence-corrected chi connectivity index (χ3v) is 5.62. The summed E-state index contributed by atoms with van der Waals surface area (Å²) in [4.78, 5) is 25.6. The molecule has 0 aliphatic carbocycles. The van der Waals surface area contributed by atoms with Crippen LogP contribution in [-0.2, 0) is 4.79 Å². The Labute approximate surface area is 231 Å². The first-order chi connectivity index (χ1) is 19.2. The minimum Gasteiger partial charge on any atom is -0.349 e. The van der Waals surface area contributed by atoms with E-state index in [2.05, 4.69) is 4.99 Å². The van der Waals surface area contributed by atoms with Crippen LogP contribution in [0.3, 0.4) is 0 Å². The Morgan fingerprint density at radius 1 is 0.682 bits per heavy atom. The maximum Gasteiger partial charge on any atom is 0.460 e. The number of nitrogens with zero attached hydrogens (tertiary/aromatic N) is 1. The third kappa shape index (κ3) is 5.90. The normalized spacial score (nSPS) is 15.5. The topological polar surface area (TPSA) is 58.5 Å². The lowest BCUT2D eigenvalue weighted by Crippen LogP contribution is -2.75. The average Bonchev–Trinajstić information content (AvgIpc) is 2.81. The summed E-state index contributed by atoms with van der Waals surface area (Å²) in [7, 11) is 0. The van der Waals surface area contributed by atoms with Gasteiger partial charge >= 0.3 is 53.6 Å². The van der Waals surface area contributed by atoms with Gasteiger partial charge in [-0.1, -0.05) is 0 Å². The highest BCUT2D eigenvalue weighted by Gasteiger charge is 2.96. The van der Waals surface area contributed by atoms with Crippen molar-refractivity contribution in [2.24, 2.45) is 4.99 Å². The molecule has 1 aromatic carbocycles. The van der Waals surface area contributed by atoms with Crippen molar-refractivity contribution in [2.45, 2.75) is 79.9 Å². The molecular formula is C21H13F19N2O2. The summed E-state index contributed by atoms with van der Waals surface area (Å²) in [6.07, 6.45) is -9.84. The predicted octanol–water partition coefficient (Wildman–Crippen LogP) is 8.12. The summed E-state index contributed by atoms with van der Waals surface area (Å²) in [6, 6.07) is 0.291. The molecule has 44 heavy (non-hydrogen) atoms. The number of aryl methyl sites for hydroxylation is 1. The molecule has 1 amide bonds. The van der Waals surface area contributed by atoms with Crippen LogP contribution in [-0.4, -0.2) is 71.6 Å². The van der Waals surface area contributed by atoms with Crippen LogP contribution in [0, 0.1) is 6.92 Å². The van der Waals surface area contributed by atoms with Gasteiger partial charge < -0.3 is 5.32 Å². The predicted molar refractivity (Wildman–Crippen MR) is 106 cm³/mol. The molecule has 0 fully saturated rings. The smallest absolute Gasteiger partial charge is 0.349 e. The molecule has 1 aromatic rings. The van der Waals surface area contributed by atoms with Gasteiger partial charge in [-0.25, -0.2) is 4.79 Å². The van der Waals surface area contributed by atoms with Gasteiger partial charge in [0.05, 0.1) is 5.69 Å². The molecule has 0 saturated carbocycles. The van der Waals surface area contributed by atoms with Gasteiger partial charge in [0.1, 0.15) is 0 Å². The minimum absolute atomic E-state index is 0.134. The van der Waals surface area contributed by atoms with Gasteiger partial charge in [0.25, 0.3) is 5.91 Å². The summed E-state index contributed by atoms with van der Waals surface area (Å²) < 4.78 is 255. The lowest BCUT2D eigenvalue weighted by Gasteiger charge is -2.44. The van der Waals surface area contributed by atoms with E-state index in [-0.39, 0.29) is 11.3 Å². The number of isocyanates is 1. The van der Waals surface area contributed by atoms with Gasteiger partial charge in [0.15, 0.2) is 0 Å². The standard InChI is InChI=1S/C21H13F19N2O2/c1-8-3-10(5-11(4-8)41-7-43)12(44)42-9(2)6-13(22,23)14(24,25)15(26,27)16(28,29)17(30,31)18(32,33)19(34,35)20(36,37)21(38,39)40/h3-5,9H,6H2,1-2H3,(H,42,44). The van der Waals surface area contributed by atoms with E-state index in [0.29, 0.717) is 6.92 Å². The molecule has 0 radical (unpaired) electrons. The number of rotatable bonds is 12. The van der Waals surface area contributed by atoms with Crippen molar-refractivity contribution < 1.29 is 93.0 Å². The Balaban J connectivity index is 3.48. The van der Waals surface area contributed by atoms with E-state index in [0.717, 1.165) is 24.3 Å². The monoisotopic (exact) mass is 686 g/mol. The number of hydrogen-bond acceptors (Lipinski definition) is 3. The van der Waals surface area contributed by atoms with Crippen LogP contribution in [0.15, 0.2) is 23.2 Å². The fourth-order valence-corrected chi connectivity index (χ4v) is 3.28. The van der Waals surface area contributed by atoms with E-state index >= 15 is 0 Å². The molecule has 1 atom stereocenters. The quantitative estimate of drug-likeness (QED) is 0.137. The molecule has 1 rings (SSSR count). The van der Waals surface area contributed by atoms with Crippen molar-refractivity contribution >= 4 is 17.7 Å². The van der Waals surface area contributed by atoms with Crippen molar-refractivity contribution in [3.63, 3.8) is 0 Å². The summed E-state index contributed by atoms with van der Waals surface area (Å²) in [5, 5.41) is 1.43. The highest BCUT2D eigenvalue weighted by atomic mass is 19.4. The number of nitrogens with one attached hydrogen (secondary N) is 1. The molecule has 0 saturated heterocycles. The summed E-state index contributed by atoms with van der Waals surface area (Å²) >= 11 is 0. The molecule has 0 bridgehead atoms. The van der Waals surface area contributed by atoms with Crippen LogP contribution >= 0.6 is 0 Å². The van der Waals surface area contributed by atoms with Crippen molar-refractivity contribution in [3.8, 4) is 0 Å². The molecule has 0 spiro atoms. The van der Waals surface area contributed by atoms with E-state index in [1.165, 1.54) is 12.2 Å². The van der Waals surface area contributed by atoms with Crippen molar-refractivity contribution in [2.75, 3.05) is 0 Å². The molecule has 0 aromatic heterocycles. The number of amides is 1. The number of benzene rings is 1. The molecule has 0 aliphatic rings. The molecule has 0 aliphatic heterocycles. The van der Waals surface area contributed by atoms with Crippen LogP contribution in [0.2, 0.25) is 0 Å². The first kappa shape index (κ1) is 38.8. The first-order valence-electron chi connectivity index (χ1n) is 10.8. The van der Waals surface area contributed by atoms with Crippen molar-refractivity contribution in [3.05, 3.63) is 29.3 Å². The SMILES string of the molecule is Cc1cc(N=C=O)cc(C(=O)NC(C)CC(F)(F)C(F)(F)C(F)(F)C(F)(F)C(F)(F)C(F)(F)C(F)(F)C(F)(F)C(F)(F)F)c1. The largest absolute Gasteiger partial charge is 0.460 e. The molecule has 23 heteroatoms. The second-order valence-electron chi connectivity index (χ2n) is 9.06. The lowest BCUT2D eigenvalue weighted by molar-refractivity contribution is -0.468. The van der Waals surface area contributed by atoms with E-state index in [1.807, 2.05) is 0 Å². The fourth-order valence-electron chi connectivity index (χ4n) is 3.28. The van der Waals surface area contributed by atoms with E-state index in [9.17, 15) is 93.0 Å². The highest BCUT2D eigenvalue weighted by Crippen LogP contribution is 2.65. The Morgan fingerprint density at radius 2 is 1.07 bits per heavy atom. The number of carbonyl (C=O) groups is 1. The van der Waals surface area contributed by atoms with Gasteiger partial charge in [-0.05, 0) is 37.6 Å². The number of aliphatic imine (C=N–C) groups is 1. The van der Waals surface area contributed by atoms with Gasteiger partial charge in [-0.3, -0.25) is 4.79 Å². The number of hydrogen-bond donors (Lipinski definition) is 1. The van der Waals surface area contributed by atoms with Crippen LogP contribution in [0.5, 0.6) is 0 Å². The Hall–Kier alpha value is -3.26. The molecule has 0 heterocycles. The van der Waals surface area contributed by atoms with E-state index in [4.69, 9.17) is 0 Å². The second-order valence-corrected chi connectivity index (χ2v) is 9.06. The maximum absolute atomic E-state index is 14.2. The van der Waals surface area contributed by atoms with Crippen molar-refractivity contribution in [1.82, 2.24) is 5.32 Å².